The number of para-hydroxylation sites is 1. The highest BCUT2D eigenvalue weighted by Gasteiger charge is 2.20. The van der Waals surface area contributed by atoms with Crippen LogP contribution in [0.1, 0.15) is 28.4 Å². The zero-order chi connectivity index (χ0) is 18.4. The SMILES string of the molecule is COc1cc(C(=O)O[C@H](C)C(=O)Nc2ccccc2C#N)ccc1C. The van der Waals surface area contributed by atoms with E-state index >= 15 is 0 Å². The van der Waals surface area contributed by atoms with Gasteiger partial charge in [-0.1, -0.05) is 18.2 Å². The van der Waals surface area contributed by atoms with Gasteiger partial charge in [0.2, 0.25) is 0 Å². The number of benzene rings is 2. The van der Waals surface area contributed by atoms with Gasteiger partial charge in [0.1, 0.15) is 11.8 Å². The topological polar surface area (TPSA) is 88.4 Å². The van der Waals surface area contributed by atoms with Crippen LogP contribution in [0.4, 0.5) is 5.69 Å². The van der Waals surface area contributed by atoms with Crippen molar-refractivity contribution in [3.63, 3.8) is 0 Å². The molecule has 0 aromatic heterocycles. The van der Waals surface area contributed by atoms with Crippen LogP contribution in [-0.4, -0.2) is 25.1 Å². The summed E-state index contributed by atoms with van der Waals surface area (Å²) in [5, 5.41) is 11.6. The monoisotopic (exact) mass is 338 g/mol. The fraction of sp³-hybridized carbons (Fsp3) is 0.211. The number of carbonyl (C=O) groups excluding carboxylic acids is 2. The number of rotatable bonds is 5. The van der Waals surface area contributed by atoms with Crippen molar-refractivity contribution in [3.05, 3.63) is 59.2 Å². The fourth-order valence-corrected chi connectivity index (χ4v) is 2.15. The molecule has 6 heteroatoms. The Morgan fingerprint density at radius 3 is 2.60 bits per heavy atom. The van der Waals surface area contributed by atoms with Crippen molar-refractivity contribution in [1.82, 2.24) is 0 Å². The second-order valence-corrected chi connectivity index (χ2v) is 5.38. The molecule has 0 saturated carbocycles. The van der Waals surface area contributed by atoms with Crippen molar-refractivity contribution in [2.24, 2.45) is 0 Å². The number of hydrogen-bond acceptors (Lipinski definition) is 5. The molecule has 1 N–H and O–H groups in total. The molecule has 0 unspecified atom stereocenters. The largest absolute Gasteiger partial charge is 0.496 e. The number of hydrogen-bond donors (Lipinski definition) is 1. The third-order valence-corrected chi connectivity index (χ3v) is 3.60. The maximum atomic E-state index is 12.2. The molecule has 0 spiro atoms. The van der Waals surface area contributed by atoms with Gasteiger partial charge < -0.3 is 14.8 Å². The zero-order valence-electron chi connectivity index (χ0n) is 14.2. The molecule has 0 aliphatic rings. The van der Waals surface area contributed by atoms with E-state index < -0.39 is 18.0 Å². The molecule has 0 aliphatic heterocycles. The van der Waals surface area contributed by atoms with Crippen molar-refractivity contribution in [2.45, 2.75) is 20.0 Å². The average Bonchev–Trinajstić information content (AvgIpc) is 2.62. The minimum atomic E-state index is -1.02. The summed E-state index contributed by atoms with van der Waals surface area (Å²) in [6, 6.07) is 13.5. The number of carbonyl (C=O) groups is 2. The molecule has 128 valence electrons. The van der Waals surface area contributed by atoms with Gasteiger partial charge in [-0.3, -0.25) is 4.79 Å². The Bertz CT molecular complexity index is 840. The van der Waals surface area contributed by atoms with Gasteiger partial charge in [0, 0.05) is 0 Å². The lowest BCUT2D eigenvalue weighted by atomic mass is 10.1. The van der Waals surface area contributed by atoms with E-state index in [1.54, 1.807) is 42.5 Å². The van der Waals surface area contributed by atoms with Gasteiger partial charge in [0.05, 0.1) is 23.9 Å². The summed E-state index contributed by atoms with van der Waals surface area (Å²) in [7, 11) is 1.51. The summed E-state index contributed by atoms with van der Waals surface area (Å²) < 4.78 is 10.4. The molecule has 0 heterocycles. The smallest absolute Gasteiger partial charge is 0.339 e. The molecule has 6 nitrogen and oxygen atoms in total. The molecule has 1 atom stereocenters. The van der Waals surface area contributed by atoms with Crippen molar-refractivity contribution in [3.8, 4) is 11.8 Å². The molecule has 0 bridgehead atoms. The van der Waals surface area contributed by atoms with Crippen LogP contribution in [-0.2, 0) is 9.53 Å². The maximum absolute atomic E-state index is 12.2. The Morgan fingerprint density at radius 1 is 1.20 bits per heavy atom. The number of methoxy groups -OCH3 is 1. The van der Waals surface area contributed by atoms with Crippen molar-refractivity contribution in [2.75, 3.05) is 12.4 Å². The van der Waals surface area contributed by atoms with Gasteiger partial charge in [0.25, 0.3) is 5.91 Å². The Balaban J connectivity index is 2.06. The van der Waals surface area contributed by atoms with E-state index in [9.17, 15) is 9.59 Å². The van der Waals surface area contributed by atoms with E-state index in [0.29, 0.717) is 22.6 Å². The number of aryl methyl sites for hydroxylation is 1. The third-order valence-electron chi connectivity index (χ3n) is 3.60. The molecule has 1 amide bonds. The van der Waals surface area contributed by atoms with Gasteiger partial charge in [-0.25, -0.2) is 4.79 Å². The van der Waals surface area contributed by atoms with Crippen LogP contribution >= 0.6 is 0 Å². The Hall–Kier alpha value is -3.33. The normalized spacial score (nSPS) is 11.1. The predicted molar refractivity (Wildman–Crippen MR) is 92.4 cm³/mol. The molecule has 25 heavy (non-hydrogen) atoms. The number of ether oxygens (including phenoxy) is 2. The highest BCUT2D eigenvalue weighted by molar-refractivity contribution is 5.98. The lowest BCUT2D eigenvalue weighted by Crippen LogP contribution is -2.30. The molecular weight excluding hydrogens is 320 g/mol. The maximum Gasteiger partial charge on any atom is 0.339 e. The highest BCUT2D eigenvalue weighted by atomic mass is 16.5. The summed E-state index contributed by atoms with van der Waals surface area (Å²) >= 11 is 0. The quantitative estimate of drug-likeness (QED) is 0.847. The van der Waals surface area contributed by atoms with E-state index in [1.807, 2.05) is 13.0 Å². The number of amides is 1. The molecular formula is C19H18N2O4. The number of anilines is 1. The number of nitrogens with one attached hydrogen (secondary N) is 1. The molecule has 2 aromatic rings. The van der Waals surface area contributed by atoms with Crippen LogP contribution in [0.15, 0.2) is 42.5 Å². The van der Waals surface area contributed by atoms with Gasteiger partial charge in [-0.05, 0) is 43.7 Å². The average molecular weight is 338 g/mol. The lowest BCUT2D eigenvalue weighted by Gasteiger charge is -2.14. The first-order chi connectivity index (χ1) is 12.0. The first kappa shape index (κ1) is 18.0. The van der Waals surface area contributed by atoms with Gasteiger partial charge in [-0.15, -0.1) is 0 Å². The van der Waals surface area contributed by atoms with Gasteiger partial charge in [0.15, 0.2) is 6.10 Å². The number of nitrogens with zero attached hydrogens (tertiary/aromatic N) is 1. The first-order valence-corrected chi connectivity index (χ1v) is 7.62. The molecule has 0 saturated heterocycles. The van der Waals surface area contributed by atoms with Crippen molar-refractivity contribution in [1.29, 1.82) is 5.26 Å². The van der Waals surface area contributed by atoms with E-state index in [4.69, 9.17) is 14.7 Å². The van der Waals surface area contributed by atoms with Crippen LogP contribution in [0.5, 0.6) is 5.75 Å². The Kier molecular flexibility index (Phi) is 5.75. The standard InChI is InChI=1S/C19H18N2O4/c1-12-8-9-14(10-17(12)24-3)19(23)25-13(2)18(22)21-16-7-5-4-6-15(16)11-20/h4-10,13H,1-3H3,(H,21,22)/t13-/m1/s1. The highest BCUT2D eigenvalue weighted by Crippen LogP contribution is 2.20. The second kappa shape index (κ2) is 7.97. The lowest BCUT2D eigenvalue weighted by molar-refractivity contribution is -0.123. The van der Waals surface area contributed by atoms with Crippen molar-refractivity contribution >= 4 is 17.6 Å². The van der Waals surface area contributed by atoms with E-state index in [0.717, 1.165) is 5.56 Å². The van der Waals surface area contributed by atoms with Crippen LogP contribution in [0.25, 0.3) is 0 Å². The number of nitriles is 1. The van der Waals surface area contributed by atoms with Crippen LogP contribution < -0.4 is 10.1 Å². The first-order valence-electron chi connectivity index (χ1n) is 7.62. The zero-order valence-corrected chi connectivity index (χ0v) is 14.2. The third kappa shape index (κ3) is 4.36. The van der Waals surface area contributed by atoms with Gasteiger partial charge in [-0.2, -0.15) is 5.26 Å². The van der Waals surface area contributed by atoms with Crippen LogP contribution in [0.2, 0.25) is 0 Å². The summed E-state index contributed by atoms with van der Waals surface area (Å²) in [6.07, 6.45) is -1.02. The predicted octanol–water partition coefficient (Wildman–Crippen LogP) is 3.06. The molecule has 2 aromatic carbocycles. The summed E-state index contributed by atoms with van der Waals surface area (Å²) in [5.41, 5.74) is 1.88. The molecule has 2 rings (SSSR count). The number of esters is 1. The van der Waals surface area contributed by atoms with Crippen molar-refractivity contribution < 1.29 is 19.1 Å². The Labute approximate surface area is 146 Å². The van der Waals surface area contributed by atoms with Gasteiger partial charge >= 0.3 is 5.97 Å². The summed E-state index contributed by atoms with van der Waals surface area (Å²) in [6.45, 7) is 3.32. The second-order valence-electron chi connectivity index (χ2n) is 5.38. The Morgan fingerprint density at radius 2 is 1.92 bits per heavy atom. The summed E-state index contributed by atoms with van der Waals surface area (Å²) in [5.74, 6) is -0.584. The molecule has 0 fully saturated rings. The van der Waals surface area contributed by atoms with E-state index in [1.165, 1.54) is 14.0 Å². The minimum absolute atomic E-state index is 0.291. The fourth-order valence-electron chi connectivity index (χ4n) is 2.15. The molecule has 0 radical (unpaired) electrons. The van der Waals surface area contributed by atoms with E-state index in [2.05, 4.69) is 5.32 Å². The van der Waals surface area contributed by atoms with Crippen LogP contribution in [0, 0.1) is 18.3 Å². The molecule has 0 aliphatic carbocycles. The minimum Gasteiger partial charge on any atom is -0.496 e. The van der Waals surface area contributed by atoms with Crippen LogP contribution in [0.3, 0.4) is 0 Å². The summed E-state index contributed by atoms with van der Waals surface area (Å²) in [4.78, 5) is 24.4. The van der Waals surface area contributed by atoms with E-state index in [-0.39, 0.29) is 0 Å².